The first kappa shape index (κ1) is 13.3. The molecule has 2 heterocycles. The third-order valence-electron chi connectivity index (χ3n) is 2.87. The first-order valence-electron chi connectivity index (χ1n) is 6.03. The van der Waals surface area contributed by atoms with Gasteiger partial charge in [-0.1, -0.05) is 0 Å². The van der Waals surface area contributed by atoms with E-state index in [1.807, 2.05) is 6.92 Å². The zero-order valence-electron chi connectivity index (χ0n) is 10.6. The molecule has 0 aromatic carbocycles. The molecule has 0 bridgehead atoms. The van der Waals surface area contributed by atoms with Gasteiger partial charge >= 0.3 is 12.0 Å². The average molecular weight is 268 g/mol. The lowest BCUT2D eigenvalue weighted by Crippen LogP contribution is -2.54. The second-order valence-corrected chi connectivity index (χ2v) is 4.11. The number of aliphatic carboxylic acids is 1. The number of anilines is 1. The van der Waals surface area contributed by atoms with Crippen LogP contribution in [0.5, 0.6) is 0 Å². The van der Waals surface area contributed by atoms with E-state index in [1.165, 1.54) is 4.90 Å². The Morgan fingerprint density at radius 3 is 3.05 bits per heavy atom. The summed E-state index contributed by atoms with van der Waals surface area (Å²) in [6.07, 6.45) is 1.74. The van der Waals surface area contributed by atoms with Gasteiger partial charge in [-0.25, -0.2) is 9.59 Å². The van der Waals surface area contributed by atoms with Crippen molar-refractivity contribution in [1.82, 2.24) is 14.7 Å². The molecule has 1 unspecified atom stereocenters. The summed E-state index contributed by atoms with van der Waals surface area (Å²) in [5.74, 6) is -0.670. The third-order valence-corrected chi connectivity index (χ3v) is 2.87. The van der Waals surface area contributed by atoms with Crippen molar-refractivity contribution in [2.75, 3.05) is 25.1 Å². The van der Waals surface area contributed by atoms with Gasteiger partial charge in [0.15, 0.2) is 11.9 Å². The van der Waals surface area contributed by atoms with Crippen LogP contribution in [0, 0.1) is 0 Å². The first-order chi connectivity index (χ1) is 9.11. The lowest BCUT2D eigenvalue weighted by Gasteiger charge is -2.32. The molecule has 1 aromatic rings. The van der Waals surface area contributed by atoms with Gasteiger partial charge < -0.3 is 14.7 Å². The Hall–Kier alpha value is -2.09. The van der Waals surface area contributed by atoms with E-state index in [-0.39, 0.29) is 13.2 Å². The van der Waals surface area contributed by atoms with Crippen molar-refractivity contribution >= 4 is 17.8 Å². The van der Waals surface area contributed by atoms with Crippen LogP contribution < -0.4 is 5.32 Å². The van der Waals surface area contributed by atoms with E-state index in [4.69, 9.17) is 9.84 Å². The van der Waals surface area contributed by atoms with Crippen LogP contribution in [0.25, 0.3) is 0 Å². The van der Waals surface area contributed by atoms with Crippen LogP contribution in [0.15, 0.2) is 12.3 Å². The molecular weight excluding hydrogens is 252 g/mol. The molecule has 0 aliphatic carbocycles. The van der Waals surface area contributed by atoms with Gasteiger partial charge in [0.2, 0.25) is 0 Å². The number of hydrogen-bond donors (Lipinski definition) is 2. The van der Waals surface area contributed by atoms with Gasteiger partial charge in [0.05, 0.1) is 13.2 Å². The normalized spacial score (nSPS) is 19.2. The second kappa shape index (κ2) is 5.70. The van der Waals surface area contributed by atoms with Gasteiger partial charge in [-0.05, 0) is 6.92 Å². The van der Waals surface area contributed by atoms with E-state index in [1.54, 1.807) is 16.9 Å². The van der Waals surface area contributed by atoms with Crippen molar-refractivity contribution < 1.29 is 19.4 Å². The lowest BCUT2D eigenvalue weighted by atomic mass is 10.2. The zero-order chi connectivity index (χ0) is 13.8. The molecule has 2 N–H and O–H groups in total. The quantitative estimate of drug-likeness (QED) is 0.817. The van der Waals surface area contributed by atoms with Gasteiger partial charge in [0.1, 0.15) is 0 Å². The Labute approximate surface area is 109 Å². The molecule has 8 nitrogen and oxygen atoms in total. The smallest absolute Gasteiger partial charge is 0.328 e. The van der Waals surface area contributed by atoms with Crippen molar-refractivity contribution in [2.45, 2.75) is 19.5 Å². The molecular formula is C11H16N4O4. The predicted molar refractivity (Wildman–Crippen MR) is 65.9 cm³/mol. The van der Waals surface area contributed by atoms with E-state index in [0.717, 1.165) is 0 Å². The topological polar surface area (TPSA) is 96.7 Å². The molecule has 1 aliphatic rings. The highest BCUT2D eigenvalue weighted by atomic mass is 16.5. The molecule has 8 heteroatoms. The average Bonchev–Trinajstić information content (AvgIpc) is 2.86. The number of amides is 2. The monoisotopic (exact) mass is 268 g/mol. The summed E-state index contributed by atoms with van der Waals surface area (Å²) in [7, 11) is 0. The molecule has 1 atom stereocenters. The fourth-order valence-electron chi connectivity index (χ4n) is 1.84. The SMILES string of the molecule is CCn1ccc(NC(=O)N2CCOCC2C(=O)O)n1. The molecule has 2 amide bonds. The van der Waals surface area contributed by atoms with Gasteiger partial charge in [-0.2, -0.15) is 5.10 Å². The Kier molecular flexibility index (Phi) is 4.00. The molecule has 104 valence electrons. The second-order valence-electron chi connectivity index (χ2n) is 4.11. The van der Waals surface area contributed by atoms with Gasteiger partial charge in [0.25, 0.3) is 0 Å². The Morgan fingerprint density at radius 1 is 1.63 bits per heavy atom. The molecule has 1 fully saturated rings. The highest BCUT2D eigenvalue weighted by molar-refractivity contribution is 5.91. The van der Waals surface area contributed by atoms with Crippen LogP contribution in [0.2, 0.25) is 0 Å². The van der Waals surface area contributed by atoms with Crippen molar-refractivity contribution in [3.63, 3.8) is 0 Å². The standard InChI is InChI=1S/C11H16N4O4/c1-2-14-4-3-9(13-14)12-11(18)15-5-6-19-7-8(15)10(16)17/h3-4,8H,2,5-7H2,1H3,(H,16,17)(H,12,13,18). The van der Waals surface area contributed by atoms with E-state index >= 15 is 0 Å². The minimum absolute atomic E-state index is 0.00610. The van der Waals surface area contributed by atoms with Crippen molar-refractivity contribution in [3.8, 4) is 0 Å². The van der Waals surface area contributed by atoms with Crippen LogP contribution in [-0.4, -0.2) is 57.6 Å². The van der Waals surface area contributed by atoms with Crippen molar-refractivity contribution in [1.29, 1.82) is 0 Å². The third kappa shape index (κ3) is 3.02. The number of carboxylic acid groups (broad SMARTS) is 1. The van der Waals surface area contributed by atoms with Crippen LogP contribution in [0.3, 0.4) is 0 Å². The number of nitrogens with one attached hydrogen (secondary N) is 1. The minimum Gasteiger partial charge on any atom is -0.480 e. The van der Waals surface area contributed by atoms with Crippen LogP contribution >= 0.6 is 0 Å². The number of carbonyl (C=O) groups excluding carboxylic acids is 1. The van der Waals surface area contributed by atoms with E-state index in [2.05, 4.69) is 10.4 Å². The number of rotatable bonds is 3. The number of morpholine rings is 1. The van der Waals surface area contributed by atoms with Crippen LogP contribution in [-0.2, 0) is 16.1 Å². The number of ether oxygens (including phenoxy) is 1. The molecule has 0 spiro atoms. The Balaban J connectivity index is 2.03. The summed E-state index contributed by atoms with van der Waals surface area (Å²) in [5.41, 5.74) is 0. The summed E-state index contributed by atoms with van der Waals surface area (Å²) in [5, 5.41) is 15.7. The molecule has 1 aromatic heterocycles. The number of aryl methyl sites for hydroxylation is 1. The lowest BCUT2D eigenvalue weighted by molar-refractivity contribution is -0.147. The fraction of sp³-hybridized carbons (Fsp3) is 0.545. The van der Waals surface area contributed by atoms with Crippen molar-refractivity contribution in [3.05, 3.63) is 12.3 Å². The molecule has 0 radical (unpaired) electrons. The van der Waals surface area contributed by atoms with Crippen LogP contribution in [0.1, 0.15) is 6.92 Å². The number of hydrogen-bond acceptors (Lipinski definition) is 4. The molecule has 1 aliphatic heterocycles. The summed E-state index contributed by atoms with van der Waals surface area (Å²) in [6.45, 7) is 3.22. The Morgan fingerprint density at radius 2 is 2.42 bits per heavy atom. The number of carbonyl (C=O) groups is 2. The zero-order valence-corrected chi connectivity index (χ0v) is 10.6. The minimum atomic E-state index is -1.08. The van der Waals surface area contributed by atoms with E-state index in [9.17, 15) is 9.59 Å². The van der Waals surface area contributed by atoms with Gasteiger partial charge in [-0.3, -0.25) is 10.00 Å². The van der Waals surface area contributed by atoms with Crippen molar-refractivity contribution in [2.24, 2.45) is 0 Å². The predicted octanol–water partition coefficient (Wildman–Crippen LogP) is 0.220. The number of nitrogens with zero attached hydrogens (tertiary/aromatic N) is 3. The first-order valence-corrected chi connectivity index (χ1v) is 6.03. The summed E-state index contributed by atoms with van der Waals surface area (Å²) < 4.78 is 6.74. The van der Waals surface area contributed by atoms with Crippen LogP contribution in [0.4, 0.5) is 10.6 Å². The number of carboxylic acids is 1. The highest BCUT2D eigenvalue weighted by Gasteiger charge is 2.32. The summed E-state index contributed by atoms with van der Waals surface area (Å²) in [4.78, 5) is 24.3. The van der Waals surface area contributed by atoms with Gasteiger partial charge in [-0.15, -0.1) is 0 Å². The molecule has 2 rings (SSSR count). The molecule has 0 saturated carbocycles. The molecule has 1 saturated heterocycles. The van der Waals surface area contributed by atoms with Gasteiger partial charge in [0, 0.05) is 25.4 Å². The number of urea groups is 1. The number of aromatic nitrogens is 2. The summed E-state index contributed by atoms with van der Waals surface area (Å²) in [6, 6.07) is 0.233. The maximum absolute atomic E-state index is 12.0. The maximum atomic E-state index is 12.0. The highest BCUT2D eigenvalue weighted by Crippen LogP contribution is 2.11. The maximum Gasteiger partial charge on any atom is 0.328 e. The Bertz CT molecular complexity index is 473. The largest absolute Gasteiger partial charge is 0.480 e. The fourth-order valence-corrected chi connectivity index (χ4v) is 1.84. The summed E-state index contributed by atoms with van der Waals surface area (Å²) >= 11 is 0. The van der Waals surface area contributed by atoms with E-state index < -0.39 is 18.0 Å². The van der Waals surface area contributed by atoms with E-state index in [0.29, 0.717) is 19.0 Å². The molecule has 19 heavy (non-hydrogen) atoms.